The summed E-state index contributed by atoms with van der Waals surface area (Å²) in [5, 5.41) is 12.1. The minimum Gasteiger partial charge on any atom is -0.475 e. The van der Waals surface area contributed by atoms with Crippen LogP contribution in [-0.2, 0) is 0 Å². The minimum absolute atomic E-state index is 0.0176. The number of aliphatic hydroxyl groups is 1. The Balaban J connectivity index is 1.84. The van der Waals surface area contributed by atoms with Crippen molar-refractivity contribution in [3.63, 3.8) is 0 Å². The zero-order valence-electron chi connectivity index (χ0n) is 10.1. The lowest BCUT2D eigenvalue weighted by Crippen LogP contribution is -2.22. The Kier molecular flexibility index (Phi) is 4.62. The molecule has 2 rings (SSSR count). The number of pyridine rings is 1. The van der Waals surface area contributed by atoms with Gasteiger partial charge in [-0.15, -0.1) is 0 Å². The zero-order chi connectivity index (χ0) is 11.9. The van der Waals surface area contributed by atoms with Gasteiger partial charge in [0, 0.05) is 12.1 Å². The lowest BCUT2D eigenvalue weighted by molar-refractivity contribution is 0.196. The molecular weight excluding hydrogens is 216 g/mol. The molecule has 0 spiro atoms. The van der Waals surface area contributed by atoms with Gasteiger partial charge < -0.3 is 15.2 Å². The Morgan fingerprint density at radius 3 is 2.76 bits per heavy atom. The molecule has 1 aromatic heterocycles. The van der Waals surface area contributed by atoms with Crippen LogP contribution < -0.4 is 10.1 Å². The van der Waals surface area contributed by atoms with Gasteiger partial charge in [-0.25, -0.2) is 4.98 Å². The van der Waals surface area contributed by atoms with Crippen molar-refractivity contribution in [3.8, 4) is 5.88 Å². The molecule has 1 aliphatic carbocycles. The quantitative estimate of drug-likeness (QED) is 0.823. The topological polar surface area (TPSA) is 54.4 Å². The van der Waals surface area contributed by atoms with Gasteiger partial charge in [0.2, 0.25) is 5.88 Å². The van der Waals surface area contributed by atoms with Gasteiger partial charge in [0.05, 0.1) is 18.5 Å². The van der Waals surface area contributed by atoms with E-state index in [1.54, 1.807) is 6.20 Å². The molecule has 0 amide bonds. The van der Waals surface area contributed by atoms with Crippen molar-refractivity contribution in [3.05, 3.63) is 18.3 Å². The third-order valence-corrected chi connectivity index (χ3v) is 3.05. The zero-order valence-corrected chi connectivity index (χ0v) is 10.1. The summed E-state index contributed by atoms with van der Waals surface area (Å²) in [7, 11) is 0. The van der Waals surface area contributed by atoms with Crippen molar-refractivity contribution in [2.24, 2.45) is 0 Å². The summed E-state index contributed by atoms with van der Waals surface area (Å²) in [6.45, 7) is 0.312. The van der Waals surface area contributed by atoms with Crippen LogP contribution in [0.4, 0.5) is 5.69 Å². The fourth-order valence-corrected chi connectivity index (χ4v) is 2.18. The van der Waals surface area contributed by atoms with E-state index in [2.05, 4.69) is 10.3 Å². The first-order valence-corrected chi connectivity index (χ1v) is 6.35. The molecule has 0 aromatic carbocycles. The van der Waals surface area contributed by atoms with Crippen LogP contribution in [0.25, 0.3) is 0 Å². The Morgan fingerprint density at radius 2 is 2.12 bits per heavy atom. The summed E-state index contributed by atoms with van der Waals surface area (Å²) in [6.07, 6.45) is 8.31. The van der Waals surface area contributed by atoms with E-state index in [1.807, 2.05) is 12.1 Å². The smallest absolute Gasteiger partial charge is 0.213 e. The van der Waals surface area contributed by atoms with Crippen LogP contribution in [0.3, 0.4) is 0 Å². The molecule has 0 saturated heterocycles. The molecule has 0 aliphatic heterocycles. The molecule has 1 saturated carbocycles. The number of hydrogen-bond acceptors (Lipinski definition) is 4. The molecule has 2 N–H and O–H groups in total. The number of ether oxygens (including phenoxy) is 1. The molecule has 1 aliphatic rings. The average Bonchev–Trinajstić information content (AvgIpc) is 2.39. The summed E-state index contributed by atoms with van der Waals surface area (Å²) in [4.78, 5) is 4.19. The highest BCUT2D eigenvalue weighted by Crippen LogP contribution is 2.21. The summed E-state index contributed by atoms with van der Waals surface area (Å²) in [6, 6.07) is 4.41. The van der Waals surface area contributed by atoms with Gasteiger partial charge in [-0.2, -0.15) is 0 Å². The Labute approximate surface area is 102 Å². The van der Waals surface area contributed by atoms with E-state index in [-0.39, 0.29) is 6.61 Å². The highest BCUT2D eigenvalue weighted by molar-refractivity contribution is 5.43. The van der Waals surface area contributed by atoms with Gasteiger partial charge in [0.15, 0.2) is 0 Å². The molecule has 4 nitrogen and oxygen atoms in total. The van der Waals surface area contributed by atoms with E-state index in [0.29, 0.717) is 18.5 Å². The SMILES string of the molecule is OCCOc1ccc(NC2CCCCC2)cn1. The predicted molar refractivity (Wildman–Crippen MR) is 67.3 cm³/mol. The van der Waals surface area contributed by atoms with Crippen LogP contribution in [0.15, 0.2) is 18.3 Å². The third-order valence-electron chi connectivity index (χ3n) is 3.05. The maximum absolute atomic E-state index is 8.63. The van der Waals surface area contributed by atoms with Gasteiger partial charge in [-0.3, -0.25) is 0 Å². The molecule has 0 radical (unpaired) electrons. The van der Waals surface area contributed by atoms with Gasteiger partial charge in [-0.05, 0) is 18.9 Å². The fraction of sp³-hybridized carbons (Fsp3) is 0.615. The molecule has 94 valence electrons. The summed E-state index contributed by atoms with van der Waals surface area (Å²) >= 11 is 0. The van der Waals surface area contributed by atoms with E-state index >= 15 is 0 Å². The van der Waals surface area contributed by atoms with E-state index < -0.39 is 0 Å². The fourth-order valence-electron chi connectivity index (χ4n) is 2.18. The lowest BCUT2D eigenvalue weighted by atomic mass is 9.95. The lowest BCUT2D eigenvalue weighted by Gasteiger charge is -2.23. The number of aliphatic hydroxyl groups excluding tert-OH is 1. The van der Waals surface area contributed by atoms with Crippen LogP contribution >= 0.6 is 0 Å². The van der Waals surface area contributed by atoms with Crippen LogP contribution in [0, 0.1) is 0 Å². The van der Waals surface area contributed by atoms with Crippen molar-refractivity contribution in [1.29, 1.82) is 0 Å². The summed E-state index contributed by atoms with van der Waals surface area (Å²) in [5.74, 6) is 0.563. The molecule has 0 atom stereocenters. The molecule has 0 unspecified atom stereocenters. The first kappa shape index (κ1) is 12.2. The number of nitrogens with one attached hydrogen (secondary N) is 1. The molecule has 1 heterocycles. The van der Waals surface area contributed by atoms with Gasteiger partial charge in [-0.1, -0.05) is 19.3 Å². The van der Waals surface area contributed by atoms with E-state index in [1.165, 1.54) is 32.1 Å². The second-order valence-electron chi connectivity index (χ2n) is 4.44. The molecule has 1 aromatic rings. The first-order valence-electron chi connectivity index (χ1n) is 6.35. The van der Waals surface area contributed by atoms with E-state index in [4.69, 9.17) is 9.84 Å². The second kappa shape index (κ2) is 6.45. The van der Waals surface area contributed by atoms with Crippen molar-refractivity contribution >= 4 is 5.69 Å². The van der Waals surface area contributed by atoms with E-state index in [9.17, 15) is 0 Å². The highest BCUT2D eigenvalue weighted by Gasteiger charge is 2.12. The molecule has 0 bridgehead atoms. The largest absolute Gasteiger partial charge is 0.475 e. The number of rotatable bonds is 5. The summed E-state index contributed by atoms with van der Waals surface area (Å²) < 4.78 is 5.21. The van der Waals surface area contributed by atoms with Gasteiger partial charge in [0.1, 0.15) is 6.61 Å². The van der Waals surface area contributed by atoms with Gasteiger partial charge >= 0.3 is 0 Å². The Bertz CT molecular complexity index is 321. The van der Waals surface area contributed by atoms with Crippen LogP contribution in [-0.4, -0.2) is 29.3 Å². The monoisotopic (exact) mass is 236 g/mol. The summed E-state index contributed by atoms with van der Waals surface area (Å²) in [5.41, 5.74) is 1.05. The molecule has 4 heteroatoms. The van der Waals surface area contributed by atoms with E-state index in [0.717, 1.165) is 5.69 Å². The van der Waals surface area contributed by atoms with Crippen LogP contribution in [0.1, 0.15) is 32.1 Å². The van der Waals surface area contributed by atoms with Gasteiger partial charge in [0.25, 0.3) is 0 Å². The molecule has 17 heavy (non-hydrogen) atoms. The minimum atomic E-state index is 0.0176. The third kappa shape index (κ3) is 3.89. The number of hydrogen-bond donors (Lipinski definition) is 2. The molecule has 1 fully saturated rings. The molecular formula is C13H20N2O2. The van der Waals surface area contributed by atoms with Crippen LogP contribution in [0.2, 0.25) is 0 Å². The first-order chi connectivity index (χ1) is 8.38. The number of aromatic nitrogens is 1. The van der Waals surface area contributed by atoms with Crippen molar-refractivity contribution in [2.75, 3.05) is 18.5 Å². The van der Waals surface area contributed by atoms with Crippen LogP contribution in [0.5, 0.6) is 5.88 Å². The number of anilines is 1. The maximum atomic E-state index is 8.63. The van der Waals surface area contributed by atoms with Crippen molar-refractivity contribution in [1.82, 2.24) is 4.98 Å². The standard InChI is InChI=1S/C13H20N2O2/c16-8-9-17-13-7-6-12(10-14-13)15-11-4-2-1-3-5-11/h6-7,10-11,15-16H,1-5,8-9H2. The maximum Gasteiger partial charge on any atom is 0.213 e. The Hall–Kier alpha value is -1.29. The average molecular weight is 236 g/mol. The van der Waals surface area contributed by atoms with Crippen molar-refractivity contribution < 1.29 is 9.84 Å². The van der Waals surface area contributed by atoms with Crippen molar-refractivity contribution in [2.45, 2.75) is 38.1 Å². The second-order valence-corrected chi connectivity index (χ2v) is 4.44. The Morgan fingerprint density at radius 1 is 1.29 bits per heavy atom. The number of nitrogens with zero attached hydrogens (tertiary/aromatic N) is 1. The highest BCUT2D eigenvalue weighted by atomic mass is 16.5. The normalized spacial score (nSPS) is 16.8. The predicted octanol–water partition coefficient (Wildman–Crippen LogP) is 2.20.